The first kappa shape index (κ1) is 13.3. The first-order valence-electron chi connectivity index (χ1n) is 5.35. The lowest BCUT2D eigenvalue weighted by Crippen LogP contribution is -2.24. The van der Waals surface area contributed by atoms with Crippen LogP contribution in [0.4, 0.5) is 0 Å². The number of benzene rings is 1. The van der Waals surface area contributed by atoms with Crippen molar-refractivity contribution in [2.75, 3.05) is 27.4 Å². The quantitative estimate of drug-likeness (QED) is 0.600. The standard InChI is InChI=1S/C13H17NO3/c1-16-9-8-14-13(15)7-6-11-4-3-5-12(10-11)17-2/h3-7,10H,8-9H2,1-2H3,(H,14,15)/b7-6+. The van der Waals surface area contributed by atoms with Gasteiger partial charge in [-0.3, -0.25) is 4.79 Å². The molecule has 1 N–H and O–H groups in total. The van der Waals surface area contributed by atoms with Gasteiger partial charge >= 0.3 is 0 Å². The minimum atomic E-state index is -0.134. The van der Waals surface area contributed by atoms with E-state index in [0.29, 0.717) is 13.2 Å². The monoisotopic (exact) mass is 235 g/mol. The molecule has 0 heterocycles. The lowest BCUT2D eigenvalue weighted by atomic mass is 10.2. The number of amides is 1. The van der Waals surface area contributed by atoms with E-state index in [2.05, 4.69) is 5.32 Å². The van der Waals surface area contributed by atoms with Crippen molar-refractivity contribution >= 4 is 12.0 Å². The molecule has 0 bridgehead atoms. The minimum absolute atomic E-state index is 0.134. The third-order valence-electron chi connectivity index (χ3n) is 2.13. The fourth-order valence-corrected chi connectivity index (χ4v) is 1.25. The zero-order chi connectivity index (χ0) is 12.5. The molecule has 0 spiro atoms. The summed E-state index contributed by atoms with van der Waals surface area (Å²) in [6.07, 6.45) is 3.23. The van der Waals surface area contributed by atoms with Gasteiger partial charge in [-0.05, 0) is 23.8 Å². The summed E-state index contributed by atoms with van der Waals surface area (Å²) in [6, 6.07) is 7.50. The third-order valence-corrected chi connectivity index (χ3v) is 2.13. The van der Waals surface area contributed by atoms with Crippen molar-refractivity contribution in [3.05, 3.63) is 35.9 Å². The van der Waals surface area contributed by atoms with Crippen LogP contribution in [-0.4, -0.2) is 33.3 Å². The molecule has 4 nitrogen and oxygen atoms in total. The highest BCUT2D eigenvalue weighted by molar-refractivity contribution is 5.91. The Kier molecular flexibility index (Phi) is 5.82. The van der Waals surface area contributed by atoms with Gasteiger partial charge in [-0.15, -0.1) is 0 Å². The molecule has 1 amide bonds. The molecule has 0 fully saturated rings. The molecule has 17 heavy (non-hydrogen) atoms. The van der Waals surface area contributed by atoms with E-state index < -0.39 is 0 Å². The molecule has 1 aromatic carbocycles. The first-order chi connectivity index (χ1) is 8.26. The molecule has 0 unspecified atom stereocenters. The van der Waals surface area contributed by atoms with Gasteiger partial charge in [0.1, 0.15) is 5.75 Å². The summed E-state index contributed by atoms with van der Waals surface area (Å²) in [5.41, 5.74) is 0.922. The van der Waals surface area contributed by atoms with Crippen molar-refractivity contribution in [1.82, 2.24) is 5.32 Å². The van der Waals surface area contributed by atoms with Crippen molar-refractivity contribution in [3.8, 4) is 5.75 Å². The van der Waals surface area contributed by atoms with Crippen molar-refractivity contribution in [2.45, 2.75) is 0 Å². The normalized spacial score (nSPS) is 10.5. The van der Waals surface area contributed by atoms with E-state index in [4.69, 9.17) is 9.47 Å². The Balaban J connectivity index is 2.48. The molecule has 1 aromatic rings. The zero-order valence-corrected chi connectivity index (χ0v) is 10.1. The van der Waals surface area contributed by atoms with Crippen LogP contribution in [0.3, 0.4) is 0 Å². The van der Waals surface area contributed by atoms with Crippen LogP contribution in [0.25, 0.3) is 6.08 Å². The summed E-state index contributed by atoms with van der Waals surface area (Å²) in [5, 5.41) is 2.70. The summed E-state index contributed by atoms with van der Waals surface area (Å²) in [5.74, 6) is 0.636. The van der Waals surface area contributed by atoms with Gasteiger partial charge in [-0.2, -0.15) is 0 Å². The maximum absolute atomic E-state index is 11.4. The Hall–Kier alpha value is -1.81. The smallest absolute Gasteiger partial charge is 0.244 e. The van der Waals surface area contributed by atoms with Gasteiger partial charge < -0.3 is 14.8 Å². The van der Waals surface area contributed by atoms with Gasteiger partial charge in [0.15, 0.2) is 0 Å². The van der Waals surface area contributed by atoms with Gasteiger partial charge in [-0.1, -0.05) is 12.1 Å². The molecule has 0 atom stereocenters. The van der Waals surface area contributed by atoms with Gasteiger partial charge in [0.2, 0.25) is 5.91 Å². The summed E-state index contributed by atoms with van der Waals surface area (Å²) in [6.45, 7) is 1.02. The first-order valence-corrected chi connectivity index (χ1v) is 5.35. The predicted octanol–water partition coefficient (Wildman–Crippen LogP) is 1.47. The number of carbonyl (C=O) groups excluding carboxylic acids is 1. The van der Waals surface area contributed by atoms with Crippen LogP contribution in [0.15, 0.2) is 30.3 Å². The van der Waals surface area contributed by atoms with Gasteiger partial charge in [0, 0.05) is 19.7 Å². The highest BCUT2D eigenvalue weighted by Gasteiger charge is 1.95. The highest BCUT2D eigenvalue weighted by Crippen LogP contribution is 2.13. The van der Waals surface area contributed by atoms with Crippen LogP contribution >= 0.6 is 0 Å². The van der Waals surface area contributed by atoms with Crippen molar-refractivity contribution in [2.24, 2.45) is 0 Å². The Bertz CT molecular complexity index is 388. The van der Waals surface area contributed by atoms with Crippen LogP contribution in [-0.2, 0) is 9.53 Å². The molecular weight excluding hydrogens is 218 g/mol. The number of nitrogens with one attached hydrogen (secondary N) is 1. The second kappa shape index (κ2) is 7.46. The third kappa shape index (κ3) is 5.17. The second-order valence-corrected chi connectivity index (χ2v) is 3.39. The maximum Gasteiger partial charge on any atom is 0.244 e. The average molecular weight is 235 g/mol. The Morgan fingerprint density at radius 1 is 1.41 bits per heavy atom. The topological polar surface area (TPSA) is 47.6 Å². The molecular formula is C13H17NO3. The second-order valence-electron chi connectivity index (χ2n) is 3.39. The fraction of sp³-hybridized carbons (Fsp3) is 0.308. The van der Waals surface area contributed by atoms with E-state index >= 15 is 0 Å². The number of hydrogen-bond acceptors (Lipinski definition) is 3. The Morgan fingerprint density at radius 2 is 2.24 bits per heavy atom. The molecule has 1 rings (SSSR count). The average Bonchev–Trinajstić information content (AvgIpc) is 2.37. The summed E-state index contributed by atoms with van der Waals surface area (Å²) >= 11 is 0. The summed E-state index contributed by atoms with van der Waals surface area (Å²) < 4.78 is 9.92. The molecule has 0 saturated heterocycles. The van der Waals surface area contributed by atoms with Crippen molar-refractivity contribution in [3.63, 3.8) is 0 Å². The largest absolute Gasteiger partial charge is 0.497 e. The van der Waals surface area contributed by atoms with E-state index in [1.54, 1.807) is 20.3 Å². The molecule has 0 radical (unpaired) electrons. The number of hydrogen-bond donors (Lipinski definition) is 1. The van der Waals surface area contributed by atoms with Crippen LogP contribution in [0.5, 0.6) is 5.75 Å². The lowest BCUT2D eigenvalue weighted by Gasteiger charge is -2.01. The Morgan fingerprint density at radius 3 is 2.94 bits per heavy atom. The maximum atomic E-state index is 11.4. The number of ether oxygens (including phenoxy) is 2. The Labute approximate surface area is 101 Å². The van der Waals surface area contributed by atoms with E-state index in [9.17, 15) is 4.79 Å². The molecule has 0 aliphatic rings. The molecule has 0 aliphatic heterocycles. The fourth-order valence-electron chi connectivity index (χ4n) is 1.25. The van der Waals surface area contributed by atoms with Crippen molar-refractivity contribution in [1.29, 1.82) is 0 Å². The molecule has 92 valence electrons. The van der Waals surface area contributed by atoms with Gasteiger partial charge in [0.25, 0.3) is 0 Å². The van der Waals surface area contributed by atoms with E-state index in [1.807, 2.05) is 24.3 Å². The molecule has 0 aliphatic carbocycles. The van der Waals surface area contributed by atoms with Crippen molar-refractivity contribution < 1.29 is 14.3 Å². The lowest BCUT2D eigenvalue weighted by molar-refractivity contribution is -0.116. The van der Waals surface area contributed by atoms with E-state index in [-0.39, 0.29) is 5.91 Å². The summed E-state index contributed by atoms with van der Waals surface area (Å²) in [7, 11) is 3.21. The predicted molar refractivity (Wildman–Crippen MR) is 66.9 cm³/mol. The van der Waals surface area contributed by atoms with Crippen LogP contribution < -0.4 is 10.1 Å². The summed E-state index contributed by atoms with van der Waals surface area (Å²) in [4.78, 5) is 11.4. The van der Waals surface area contributed by atoms with Gasteiger partial charge in [0.05, 0.1) is 13.7 Å². The van der Waals surface area contributed by atoms with Crippen LogP contribution in [0.2, 0.25) is 0 Å². The zero-order valence-electron chi connectivity index (χ0n) is 10.1. The van der Waals surface area contributed by atoms with E-state index in [0.717, 1.165) is 11.3 Å². The number of rotatable bonds is 6. The highest BCUT2D eigenvalue weighted by atomic mass is 16.5. The van der Waals surface area contributed by atoms with Gasteiger partial charge in [-0.25, -0.2) is 0 Å². The van der Waals surface area contributed by atoms with E-state index in [1.165, 1.54) is 6.08 Å². The van der Waals surface area contributed by atoms with Crippen LogP contribution in [0.1, 0.15) is 5.56 Å². The van der Waals surface area contributed by atoms with Crippen LogP contribution in [0, 0.1) is 0 Å². The number of methoxy groups -OCH3 is 2. The molecule has 0 saturated carbocycles. The molecule has 0 aromatic heterocycles. The number of carbonyl (C=O) groups is 1. The SMILES string of the molecule is COCCNC(=O)/C=C/c1cccc(OC)c1. The minimum Gasteiger partial charge on any atom is -0.497 e. The molecule has 4 heteroatoms.